The van der Waals surface area contributed by atoms with Crippen LogP contribution in [0.4, 0.5) is 11.8 Å². The maximum absolute atomic E-state index is 12.3. The SMILES string of the molecule is CCCN(CCO)c1nc(N2CCOCC2)nc2c1nnn2Cc1ccccc1S(C)(=O)=O. The van der Waals surface area contributed by atoms with Crippen molar-refractivity contribution in [3.63, 3.8) is 0 Å². The molecule has 178 valence electrons. The van der Waals surface area contributed by atoms with Gasteiger partial charge in [-0.25, -0.2) is 13.1 Å². The number of sulfone groups is 1. The van der Waals surface area contributed by atoms with Gasteiger partial charge in [0, 0.05) is 32.4 Å². The maximum Gasteiger partial charge on any atom is 0.229 e. The molecule has 0 radical (unpaired) electrons. The predicted molar refractivity (Wildman–Crippen MR) is 124 cm³/mol. The van der Waals surface area contributed by atoms with Crippen molar-refractivity contribution in [2.24, 2.45) is 0 Å². The van der Waals surface area contributed by atoms with Crippen LogP contribution in [0.2, 0.25) is 0 Å². The average molecular weight is 476 g/mol. The number of rotatable bonds is 9. The van der Waals surface area contributed by atoms with E-state index < -0.39 is 9.84 Å². The molecule has 2 aromatic heterocycles. The lowest BCUT2D eigenvalue weighted by atomic mass is 10.2. The monoisotopic (exact) mass is 475 g/mol. The van der Waals surface area contributed by atoms with Gasteiger partial charge in [0.1, 0.15) is 0 Å². The van der Waals surface area contributed by atoms with E-state index >= 15 is 0 Å². The molecule has 12 heteroatoms. The highest BCUT2D eigenvalue weighted by Crippen LogP contribution is 2.27. The largest absolute Gasteiger partial charge is 0.395 e. The minimum Gasteiger partial charge on any atom is -0.395 e. The Hall–Kier alpha value is -2.83. The molecule has 0 unspecified atom stereocenters. The lowest BCUT2D eigenvalue weighted by Gasteiger charge is -2.28. The smallest absolute Gasteiger partial charge is 0.229 e. The van der Waals surface area contributed by atoms with Crippen molar-refractivity contribution < 1.29 is 18.3 Å². The van der Waals surface area contributed by atoms with Crippen LogP contribution in [0.3, 0.4) is 0 Å². The van der Waals surface area contributed by atoms with Crippen molar-refractivity contribution >= 4 is 32.8 Å². The summed E-state index contributed by atoms with van der Waals surface area (Å²) in [5, 5.41) is 18.3. The first-order valence-corrected chi connectivity index (χ1v) is 12.9. The van der Waals surface area contributed by atoms with Crippen LogP contribution in [0.5, 0.6) is 0 Å². The first-order chi connectivity index (χ1) is 15.9. The van der Waals surface area contributed by atoms with Crippen LogP contribution in [0.25, 0.3) is 11.2 Å². The number of hydrogen-bond acceptors (Lipinski definition) is 10. The van der Waals surface area contributed by atoms with Gasteiger partial charge in [0.25, 0.3) is 0 Å². The number of anilines is 2. The third-order valence-corrected chi connectivity index (χ3v) is 6.68. The molecule has 0 bridgehead atoms. The standard InChI is InChI=1S/C21H29N7O4S/c1-3-8-26(9-12-29)19-18-20(23-21(22-19)27-10-13-32-14-11-27)28(25-24-18)15-16-6-4-5-7-17(16)33(2,30)31/h4-7,29H,3,8-15H2,1-2H3. The lowest BCUT2D eigenvalue weighted by molar-refractivity contribution is 0.122. The molecule has 0 amide bonds. The van der Waals surface area contributed by atoms with Crippen LogP contribution in [0, 0.1) is 0 Å². The fourth-order valence-corrected chi connectivity index (χ4v) is 4.87. The second kappa shape index (κ2) is 9.98. The highest BCUT2D eigenvalue weighted by atomic mass is 32.2. The summed E-state index contributed by atoms with van der Waals surface area (Å²) in [6.45, 7) is 5.85. The number of benzene rings is 1. The van der Waals surface area contributed by atoms with Crippen LogP contribution in [-0.4, -0.2) is 90.7 Å². The number of fused-ring (bicyclic) bond motifs is 1. The third kappa shape index (κ3) is 5.07. The Morgan fingerprint density at radius 1 is 1.15 bits per heavy atom. The molecule has 1 fully saturated rings. The molecule has 0 spiro atoms. The number of aromatic nitrogens is 5. The van der Waals surface area contributed by atoms with Gasteiger partial charge in [0.15, 0.2) is 26.8 Å². The minimum absolute atomic E-state index is 0.0196. The zero-order valence-corrected chi connectivity index (χ0v) is 19.7. The van der Waals surface area contributed by atoms with E-state index in [1.54, 1.807) is 28.9 Å². The molecular formula is C21H29N7O4S. The summed E-state index contributed by atoms with van der Waals surface area (Å²) < 4.78 is 31.6. The van der Waals surface area contributed by atoms with Gasteiger partial charge in [-0.05, 0) is 18.1 Å². The first-order valence-electron chi connectivity index (χ1n) is 11.0. The van der Waals surface area contributed by atoms with Crippen molar-refractivity contribution in [1.82, 2.24) is 25.0 Å². The molecule has 11 nitrogen and oxygen atoms in total. The van der Waals surface area contributed by atoms with Gasteiger partial charge in [-0.15, -0.1) is 5.10 Å². The summed E-state index contributed by atoms with van der Waals surface area (Å²) in [5.41, 5.74) is 1.65. The van der Waals surface area contributed by atoms with E-state index in [1.807, 2.05) is 4.90 Å². The summed E-state index contributed by atoms with van der Waals surface area (Å²) in [4.78, 5) is 13.9. The quantitative estimate of drug-likeness (QED) is 0.473. The number of nitrogens with zero attached hydrogens (tertiary/aromatic N) is 7. The zero-order chi connectivity index (χ0) is 23.4. The van der Waals surface area contributed by atoms with Crippen molar-refractivity contribution in [3.05, 3.63) is 29.8 Å². The van der Waals surface area contributed by atoms with E-state index in [9.17, 15) is 13.5 Å². The highest BCUT2D eigenvalue weighted by Gasteiger charge is 2.23. The van der Waals surface area contributed by atoms with Crippen LogP contribution in [-0.2, 0) is 21.1 Å². The molecule has 0 saturated carbocycles. The van der Waals surface area contributed by atoms with Crippen molar-refractivity contribution in [2.75, 3.05) is 62.1 Å². The average Bonchev–Trinajstić information content (AvgIpc) is 3.21. The summed E-state index contributed by atoms with van der Waals surface area (Å²) in [5.74, 6) is 1.15. The Morgan fingerprint density at radius 3 is 2.61 bits per heavy atom. The molecule has 33 heavy (non-hydrogen) atoms. The number of aliphatic hydroxyl groups is 1. The topological polar surface area (TPSA) is 127 Å². The first kappa shape index (κ1) is 23.3. The zero-order valence-electron chi connectivity index (χ0n) is 18.9. The van der Waals surface area contributed by atoms with Gasteiger partial charge in [0.2, 0.25) is 5.95 Å². The highest BCUT2D eigenvalue weighted by molar-refractivity contribution is 7.90. The summed E-state index contributed by atoms with van der Waals surface area (Å²) in [6.07, 6.45) is 2.06. The summed E-state index contributed by atoms with van der Waals surface area (Å²) in [7, 11) is -3.40. The molecule has 1 aliphatic rings. The van der Waals surface area contributed by atoms with Crippen LogP contribution in [0.1, 0.15) is 18.9 Å². The normalized spacial score (nSPS) is 14.7. The van der Waals surface area contributed by atoms with E-state index in [2.05, 4.69) is 22.1 Å². The van der Waals surface area contributed by atoms with Gasteiger partial charge >= 0.3 is 0 Å². The van der Waals surface area contributed by atoms with Gasteiger partial charge in [0.05, 0.1) is 31.3 Å². The minimum atomic E-state index is -3.40. The number of hydrogen-bond donors (Lipinski definition) is 1. The van der Waals surface area contributed by atoms with E-state index in [-0.39, 0.29) is 18.0 Å². The maximum atomic E-state index is 12.3. The molecule has 0 aliphatic carbocycles. The molecule has 0 atom stereocenters. The second-order valence-corrected chi connectivity index (χ2v) is 9.94. The predicted octanol–water partition coefficient (Wildman–Crippen LogP) is 0.718. The van der Waals surface area contributed by atoms with Gasteiger partial charge < -0.3 is 19.6 Å². The Kier molecular flexibility index (Phi) is 7.05. The van der Waals surface area contributed by atoms with Gasteiger partial charge in [-0.1, -0.05) is 30.3 Å². The molecule has 1 N–H and O–H groups in total. The molecule has 3 aromatic rings. The van der Waals surface area contributed by atoms with E-state index in [0.29, 0.717) is 67.9 Å². The fraction of sp³-hybridized carbons (Fsp3) is 0.524. The van der Waals surface area contributed by atoms with E-state index in [1.165, 1.54) is 6.26 Å². The van der Waals surface area contributed by atoms with Crippen LogP contribution < -0.4 is 9.80 Å². The van der Waals surface area contributed by atoms with Gasteiger partial charge in [-0.2, -0.15) is 9.97 Å². The number of ether oxygens (including phenoxy) is 1. The molecule has 1 aliphatic heterocycles. The molecule has 4 rings (SSSR count). The Labute approximate surface area is 192 Å². The van der Waals surface area contributed by atoms with E-state index in [0.717, 1.165) is 6.42 Å². The van der Waals surface area contributed by atoms with E-state index in [4.69, 9.17) is 14.7 Å². The fourth-order valence-electron chi connectivity index (χ4n) is 3.93. The Balaban J connectivity index is 1.83. The molecule has 1 saturated heterocycles. The third-order valence-electron chi connectivity index (χ3n) is 5.48. The Bertz CT molecular complexity index is 1200. The molecule has 3 heterocycles. The number of morpholine rings is 1. The number of aliphatic hydroxyl groups excluding tert-OH is 1. The second-order valence-electron chi connectivity index (χ2n) is 7.96. The summed E-state index contributed by atoms with van der Waals surface area (Å²) in [6, 6.07) is 6.86. The van der Waals surface area contributed by atoms with Crippen LogP contribution >= 0.6 is 0 Å². The summed E-state index contributed by atoms with van der Waals surface area (Å²) >= 11 is 0. The van der Waals surface area contributed by atoms with Gasteiger partial charge in [-0.3, -0.25) is 0 Å². The van der Waals surface area contributed by atoms with Crippen LogP contribution in [0.15, 0.2) is 29.2 Å². The Morgan fingerprint density at radius 2 is 1.91 bits per heavy atom. The van der Waals surface area contributed by atoms with Crippen molar-refractivity contribution in [1.29, 1.82) is 0 Å². The molecule has 1 aromatic carbocycles. The molecular weight excluding hydrogens is 446 g/mol. The lowest BCUT2D eigenvalue weighted by Crippen LogP contribution is -2.38. The van der Waals surface area contributed by atoms with Crippen molar-refractivity contribution in [2.45, 2.75) is 24.8 Å². The van der Waals surface area contributed by atoms with Crippen molar-refractivity contribution in [3.8, 4) is 0 Å².